The molecule has 9 heteroatoms. The third kappa shape index (κ3) is 3.31. The standard InChI is InChI=1S/C18H14BrF3N4O/c19-12-5-3-11(4-6-12)14-9-15(18(20,21)22)26-16(24-14)13(10-23-26)17(27)25-7-1-2-8-25/h3-6,9-10H,1-2,7-8H2. The number of hydrogen-bond acceptors (Lipinski definition) is 3. The van der Waals surface area contributed by atoms with Gasteiger partial charge in [-0.05, 0) is 31.0 Å². The maximum absolute atomic E-state index is 13.6. The maximum Gasteiger partial charge on any atom is 0.433 e. The van der Waals surface area contributed by atoms with Gasteiger partial charge in [-0.3, -0.25) is 4.79 Å². The average molecular weight is 439 g/mol. The van der Waals surface area contributed by atoms with E-state index < -0.39 is 11.9 Å². The van der Waals surface area contributed by atoms with Gasteiger partial charge in [0.2, 0.25) is 0 Å². The van der Waals surface area contributed by atoms with Crippen molar-refractivity contribution in [1.29, 1.82) is 0 Å². The minimum Gasteiger partial charge on any atom is -0.338 e. The molecular formula is C18H14BrF3N4O. The molecule has 0 saturated carbocycles. The number of benzene rings is 1. The van der Waals surface area contributed by atoms with Gasteiger partial charge in [0, 0.05) is 23.1 Å². The van der Waals surface area contributed by atoms with Crippen LogP contribution in [0.15, 0.2) is 41.0 Å². The summed E-state index contributed by atoms with van der Waals surface area (Å²) in [5.74, 6) is -0.337. The van der Waals surface area contributed by atoms with E-state index in [9.17, 15) is 18.0 Å². The zero-order valence-corrected chi connectivity index (χ0v) is 15.6. The van der Waals surface area contributed by atoms with Gasteiger partial charge in [0.1, 0.15) is 5.56 Å². The largest absolute Gasteiger partial charge is 0.433 e. The van der Waals surface area contributed by atoms with Crippen molar-refractivity contribution in [3.05, 3.63) is 52.3 Å². The third-order valence-corrected chi connectivity index (χ3v) is 5.05. The van der Waals surface area contributed by atoms with Crippen molar-refractivity contribution in [2.24, 2.45) is 0 Å². The van der Waals surface area contributed by atoms with Crippen molar-refractivity contribution < 1.29 is 18.0 Å². The minimum atomic E-state index is -4.63. The van der Waals surface area contributed by atoms with Gasteiger partial charge in [-0.25, -0.2) is 9.50 Å². The third-order valence-electron chi connectivity index (χ3n) is 4.53. The summed E-state index contributed by atoms with van der Waals surface area (Å²) < 4.78 is 42.3. The van der Waals surface area contributed by atoms with Gasteiger partial charge in [0.15, 0.2) is 11.3 Å². The molecule has 0 unspecified atom stereocenters. The van der Waals surface area contributed by atoms with Crippen molar-refractivity contribution >= 4 is 27.5 Å². The number of likely N-dealkylation sites (tertiary alicyclic amines) is 1. The lowest BCUT2D eigenvalue weighted by Crippen LogP contribution is -2.27. The predicted molar refractivity (Wildman–Crippen MR) is 96.3 cm³/mol. The first-order valence-electron chi connectivity index (χ1n) is 8.36. The van der Waals surface area contributed by atoms with E-state index in [1.165, 1.54) is 6.20 Å². The van der Waals surface area contributed by atoms with Crippen LogP contribution < -0.4 is 0 Å². The van der Waals surface area contributed by atoms with Crippen LogP contribution in [0.2, 0.25) is 0 Å². The molecule has 1 fully saturated rings. The summed E-state index contributed by atoms with van der Waals surface area (Å²) in [5, 5.41) is 3.81. The fourth-order valence-electron chi connectivity index (χ4n) is 3.17. The Morgan fingerprint density at radius 1 is 1.11 bits per heavy atom. The Balaban J connectivity index is 1.91. The fourth-order valence-corrected chi connectivity index (χ4v) is 3.44. The molecule has 4 rings (SSSR count). The zero-order valence-electron chi connectivity index (χ0n) is 14.0. The maximum atomic E-state index is 13.6. The molecule has 0 atom stereocenters. The van der Waals surface area contributed by atoms with E-state index in [1.807, 2.05) is 0 Å². The highest BCUT2D eigenvalue weighted by molar-refractivity contribution is 9.10. The van der Waals surface area contributed by atoms with E-state index in [-0.39, 0.29) is 22.8 Å². The molecule has 0 spiro atoms. The second-order valence-electron chi connectivity index (χ2n) is 6.32. The quantitative estimate of drug-likeness (QED) is 0.595. The Hall–Kier alpha value is -2.42. The normalized spacial score (nSPS) is 14.9. The minimum absolute atomic E-state index is 0.0837. The van der Waals surface area contributed by atoms with Gasteiger partial charge in [-0.15, -0.1) is 0 Å². The molecule has 1 amide bonds. The second-order valence-corrected chi connectivity index (χ2v) is 7.24. The number of halogens is 4. The monoisotopic (exact) mass is 438 g/mol. The van der Waals surface area contributed by atoms with Crippen molar-refractivity contribution in [3.63, 3.8) is 0 Å². The highest BCUT2D eigenvalue weighted by atomic mass is 79.9. The lowest BCUT2D eigenvalue weighted by Gasteiger charge is -2.15. The topological polar surface area (TPSA) is 50.5 Å². The summed E-state index contributed by atoms with van der Waals surface area (Å²) >= 11 is 3.30. The number of fused-ring (bicyclic) bond motifs is 1. The Morgan fingerprint density at radius 2 is 1.78 bits per heavy atom. The number of amides is 1. The molecule has 1 saturated heterocycles. The number of rotatable bonds is 2. The van der Waals surface area contributed by atoms with Crippen LogP contribution in [-0.2, 0) is 6.18 Å². The van der Waals surface area contributed by atoms with Crippen molar-refractivity contribution in [1.82, 2.24) is 19.5 Å². The van der Waals surface area contributed by atoms with Gasteiger partial charge >= 0.3 is 6.18 Å². The smallest absolute Gasteiger partial charge is 0.338 e. The molecule has 1 aromatic carbocycles. The highest BCUT2D eigenvalue weighted by Crippen LogP contribution is 2.33. The van der Waals surface area contributed by atoms with E-state index >= 15 is 0 Å². The summed E-state index contributed by atoms with van der Waals surface area (Å²) in [6, 6.07) is 7.73. The van der Waals surface area contributed by atoms with E-state index in [2.05, 4.69) is 26.0 Å². The average Bonchev–Trinajstić information content (AvgIpc) is 3.30. The molecule has 27 heavy (non-hydrogen) atoms. The number of alkyl halides is 3. The molecule has 0 aliphatic carbocycles. The number of hydrogen-bond donors (Lipinski definition) is 0. The molecule has 1 aliphatic heterocycles. The van der Waals surface area contributed by atoms with Crippen LogP contribution in [0, 0.1) is 0 Å². The fraction of sp³-hybridized carbons (Fsp3) is 0.278. The van der Waals surface area contributed by atoms with Gasteiger partial charge < -0.3 is 4.90 Å². The Labute approximate surface area is 160 Å². The molecule has 0 bridgehead atoms. The first-order chi connectivity index (χ1) is 12.8. The second kappa shape index (κ2) is 6.63. The lowest BCUT2D eigenvalue weighted by molar-refractivity contribution is -0.142. The summed E-state index contributed by atoms with van der Waals surface area (Å²) in [6.07, 6.45) is -1.69. The van der Waals surface area contributed by atoms with Gasteiger partial charge in [0.25, 0.3) is 5.91 Å². The highest BCUT2D eigenvalue weighted by Gasteiger charge is 2.36. The number of aromatic nitrogens is 3. The molecule has 5 nitrogen and oxygen atoms in total. The van der Waals surface area contributed by atoms with Crippen LogP contribution in [0.3, 0.4) is 0 Å². The molecule has 2 aromatic heterocycles. The molecule has 0 radical (unpaired) electrons. The molecular weight excluding hydrogens is 425 g/mol. The van der Waals surface area contributed by atoms with Crippen LogP contribution in [0.25, 0.3) is 16.9 Å². The first-order valence-corrected chi connectivity index (χ1v) is 9.15. The summed E-state index contributed by atoms with van der Waals surface area (Å²) in [5.41, 5.74) is -0.308. The van der Waals surface area contributed by atoms with E-state index in [0.717, 1.165) is 23.4 Å². The van der Waals surface area contributed by atoms with Crippen molar-refractivity contribution in [3.8, 4) is 11.3 Å². The number of nitrogens with zero attached hydrogens (tertiary/aromatic N) is 4. The molecule has 1 aliphatic rings. The Kier molecular flexibility index (Phi) is 4.41. The zero-order chi connectivity index (χ0) is 19.2. The van der Waals surface area contributed by atoms with Crippen LogP contribution >= 0.6 is 15.9 Å². The molecule has 140 valence electrons. The van der Waals surface area contributed by atoms with Gasteiger partial charge in [0.05, 0.1) is 11.9 Å². The number of carbonyl (C=O) groups excluding carboxylic acids is 1. The van der Waals surface area contributed by atoms with E-state index in [4.69, 9.17) is 0 Å². The predicted octanol–water partition coefficient (Wildman–Crippen LogP) is 4.41. The van der Waals surface area contributed by atoms with Crippen LogP contribution in [-0.4, -0.2) is 38.5 Å². The van der Waals surface area contributed by atoms with E-state index in [0.29, 0.717) is 23.2 Å². The van der Waals surface area contributed by atoms with Gasteiger partial charge in [-0.2, -0.15) is 18.3 Å². The van der Waals surface area contributed by atoms with Crippen LogP contribution in [0.4, 0.5) is 13.2 Å². The lowest BCUT2D eigenvalue weighted by atomic mass is 10.1. The SMILES string of the molecule is O=C(c1cnn2c(C(F)(F)F)cc(-c3ccc(Br)cc3)nc12)N1CCCC1. The van der Waals surface area contributed by atoms with Crippen molar-refractivity contribution in [2.75, 3.05) is 13.1 Å². The summed E-state index contributed by atoms with van der Waals surface area (Å²) in [4.78, 5) is 18.7. The first kappa shape index (κ1) is 18.0. The molecule has 3 heterocycles. The van der Waals surface area contributed by atoms with Crippen LogP contribution in [0.1, 0.15) is 28.9 Å². The summed E-state index contributed by atoms with van der Waals surface area (Å²) in [6.45, 7) is 1.18. The van der Waals surface area contributed by atoms with Crippen molar-refractivity contribution in [2.45, 2.75) is 19.0 Å². The molecule has 0 N–H and O–H groups in total. The Bertz CT molecular complexity index is 1010. The van der Waals surface area contributed by atoms with E-state index in [1.54, 1.807) is 29.2 Å². The Morgan fingerprint density at radius 3 is 2.41 bits per heavy atom. The number of carbonyl (C=O) groups is 1. The van der Waals surface area contributed by atoms with Crippen LogP contribution in [0.5, 0.6) is 0 Å². The molecule has 3 aromatic rings. The van der Waals surface area contributed by atoms with Gasteiger partial charge in [-0.1, -0.05) is 28.1 Å². The summed E-state index contributed by atoms with van der Waals surface area (Å²) in [7, 11) is 0.